The number of hydrazone groups is 1. The third-order valence-corrected chi connectivity index (χ3v) is 10.6. The zero-order valence-electron chi connectivity index (χ0n) is 20.1. The normalized spacial score (nSPS) is 20.0. The molecule has 0 bridgehead atoms. The van der Waals surface area contributed by atoms with Gasteiger partial charge >= 0.3 is 5.97 Å². The largest absolute Gasteiger partial charge is 0.460 e. The summed E-state index contributed by atoms with van der Waals surface area (Å²) in [4.78, 5) is 25.0. The Kier molecular flexibility index (Phi) is 9.00. The average Bonchev–Trinajstić information content (AvgIpc) is 3.01. The maximum absolute atomic E-state index is 13.0. The van der Waals surface area contributed by atoms with Crippen LogP contribution < -0.4 is 5.73 Å². The number of benzene rings is 1. The molecule has 1 aliphatic heterocycles. The molecule has 2 unspecified atom stereocenters. The molecule has 1 aromatic carbocycles. The first-order chi connectivity index (χ1) is 15.0. The molecule has 1 amide bonds. The lowest BCUT2D eigenvalue weighted by atomic mass is 10.1. The molecule has 0 aliphatic carbocycles. The van der Waals surface area contributed by atoms with Crippen LogP contribution in [0.2, 0.25) is 18.1 Å². The van der Waals surface area contributed by atoms with Gasteiger partial charge in [0.2, 0.25) is 5.84 Å². The maximum Gasteiger partial charge on any atom is 0.375 e. The molecule has 0 spiro atoms. The van der Waals surface area contributed by atoms with Crippen LogP contribution in [0.15, 0.2) is 35.4 Å². The molecule has 1 saturated heterocycles. The van der Waals surface area contributed by atoms with E-state index >= 15 is 0 Å². The van der Waals surface area contributed by atoms with E-state index in [2.05, 4.69) is 39.0 Å². The van der Waals surface area contributed by atoms with Gasteiger partial charge in [0.25, 0.3) is 5.91 Å². The Bertz CT molecular complexity index is 808. The number of esters is 1. The van der Waals surface area contributed by atoms with Gasteiger partial charge in [-0.15, -0.1) is 5.10 Å². The highest BCUT2D eigenvalue weighted by molar-refractivity contribution is 6.74. The monoisotopic (exact) mass is 463 g/mol. The van der Waals surface area contributed by atoms with Crippen molar-refractivity contribution in [2.24, 2.45) is 10.8 Å². The van der Waals surface area contributed by atoms with Crippen molar-refractivity contribution in [1.82, 2.24) is 5.01 Å². The van der Waals surface area contributed by atoms with Crippen LogP contribution in [-0.4, -0.2) is 56.4 Å². The van der Waals surface area contributed by atoms with Crippen LogP contribution in [0, 0.1) is 0 Å². The predicted octanol–water partition coefficient (Wildman–Crippen LogP) is 3.42. The third-order valence-electron chi connectivity index (χ3n) is 6.05. The Morgan fingerprint density at radius 2 is 1.91 bits per heavy atom. The number of nitrogens with zero attached hydrogens (tertiary/aromatic N) is 2. The summed E-state index contributed by atoms with van der Waals surface area (Å²) in [5.41, 5.74) is 6.77. The standard InChI is InChI=1S/C23H37N3O5Si/c1-7-29-22(28)20(24)25-26-18(13-14-31-32(5,6)23(2,3)4)15-19(21(26)27)30-16-17-11-9-8-10-12-17/h8-12,18-19H,7,13-16H2,1-6H3,(H2,24,25). The molecule has 1 aliphatic rings. The number of carbonyl (C=O) groups is 2. The molecule has 8 nitrogen and oxygen atoms in total. The van der Waals surface area contributed by atoms with Gasteiger partial charge in [-0.1, -0.05) is 51.1 Å². The lowest BCUT2D eigenvalue weighted by Crippen LogP contribution is -2.42. The van der Waals surface area contributed by atoms with E-state index in [1.54, 1.807) is 6.92 Å². The van der Waals surface area contributed by atoms with E-state index in [0.717, 1.165) is 5.56 Å². The second kappa shape index (κ2) is 11.1. The summed E-state index contributed by atoms with van der Waals surface area (Å²) in [6.07, 6.45) is 0.363. The van der Waals surface area contributed by atoms with E-state index in [0.29, 0.717) is 26.1 Å². The molecule has 0 radical (unpaired) electrons. The smallest absolute Gasteiger partial charge is 0.375 e. The number of amides is 1. The highest BCUT2D eigenvalue weighted by Crippen LogP contribution is 2.37. The highest BCUT2D eigenvalue weighted by Gasteiger charge is 2.42. The van der Waals surface area contributed by atoms with Crippen LogP contribution in [0.25, 0.3) is 0 Å². The van der Waals surface area contributed by atoms with Crippen LogP contribution in [0.3, 0.4) is 0 Å². The SMILES string of the molecule is CCOC(=O)C(N)=NN1C(=O)C(OCc2ccccc2)CC1CCO[Si](C)(C)C(C)(C)C. The average molecular weight is 464 g/mol. The van der Waals surface area contributed by atoms with E-state index in [1.807, 2.05) is 30.3 Å². The van der Waals surface area contributed by atoms with E-state index in [1.165, 1.54) is 5.01 Å². The lowest BCUT2D eigenvalue weighted by molar-refractivity contribution is -0.139. The summed E-state index contributed by atoms with van der Waals surface area (Å²) < 4.78 is 17.1. The fourth-order valence-electron chi connectivity index (χ4n) is 3.09. The van der Waals surface area contributed by atoms with Crippen LogP contribution in [-0.2, 0) is 30.1 Å². The van der Waals surface area contributed by atoms with E-state index < -0.39 is 20.4 Å². The quantitative estimate of drug-likeness (QED) is 0.260. The highest BCUT2D eigenvalue weighted by atomic mass is 28.4. The third kappa shape index (κ3) is 6.88. The van der Waals surface area contributed by atoms with Gasteiger partial charge in [0.1, 0.15) is 6.10 Å². The van der Waals surface area contributed by atoms with E-state index in [4.69, 9.17) is 19.6 Å². The minimum atomic E-state index is -1.92. The molecule has 32 heavy (non-hydrogen) atoms. The van der Waals surface area contributed by atoms with Gasteiger partial charge in [-0.3, -0.25) is 4.79 Å². The van der Waals surface area contributed by atoms with Crippen LogP contribution in [0.5, 0.6) is 0 Å². The van der Waals surface area contributed by atoms with Crippen molar-refractivity contribution in [1.29, 1.82) is 0 Å². The van der Waals surface area contributed by atoms with Crippen molar-refractivity contribution in [3.63, 3.8) is 0 Å². The first-order valence-corrected chi connectivity index (χ1v) is 14.0. The summed E-state index contributed by atoms with van der Waals surface area (Å²) in [6, 6.07) is 9.38. The van der Waals surface area contributed by atoms with Crippen molar-refractivity contribution >= 4 is 26.0 Å². The molecule has 2 atom stereocenters. The molecule has 2 rings (SSSR count). The zero-order valence-corrected chi connectivity index (χ0v) is 21.1. The molecule has 178 valence electrons. The first kappa shape index (κ1) is 26.0. The lowest BCUT2D eigenvalue weighted by Gasteiger charge is -2.36. The predicted molar refractivity (Wildman–Crippen MR) is 126 cm³/mol. The Hall–Kier alpha value is -2.23. The van der Waals surface area contributed by atoms with Crippen molar-refractivity contribution in [3.8, 4) is 0 Å². The zero-order chi connectivity index (χ0) is 23.9. The van der Waals surface area contributed by atoms with Gasteiger partial charge in [0, 0.05) is 13.0 Å². The Morgan fingerprint density at radius 1 is 1.25 bits per heavy atom. The Labute approximate surface area is 192 Å². The molecular weight excluding hydrogens is 426 g/mol. The van der Waals surface area contributed by atoms with Gasteiger partial charge in [0.15, 0.2) is 8.32 Å². The van der Waals surface area contributed by atoms with E-state index in [-0.39, 0.29) is 29.4 Å². The summed E-state index contributed by atoms with van der Waals surface area (Å²) >= 11 is 0. The summed E-state index contributed by atoms with van der Waals surface area (Å²) in [6.45, 7) is 13.6. The molecule has 0 aromatic heterocycles. The minimum Gasteiger partial charge on any atom is -0.460 e. The van der Waals surface area contributed by atoms with Gasteiger partial charge < -0.3 is 19.6 Å². The van der Waals surface area contributed by atoms with Crippen molar-refractivity contribution in [3.05, 3.63) is 35.9 Å². The fraction of sp³-hybridized carbons (Fsp3) is 0.609. The molecule has 2 N–H and O–H groups in total. The molecule has 1 heterocycles. The van der Waals surface area contributed by atoms with Crippen LogP contribution in [0.4, 0.5) is 0 Å². The van der Waals surface area contributed by atoms with Gasteiger partial charge in [-0.25, -0.2) is 9.80 Å². The summed E-state index contributed by atoms with van der Waals surface area (Å²) in [5, 5.41) is 5.47. The number of amidine groups is 1. The molecule has 1 aromatic rings. The molecule has 1 fully saturated rings. The van der Waals surface area contributed by atoms with Crippen LogP contribution >= 0.6 is 0 Å². The number of hydrogen-bond acceptors (Lipinski definition) is 6. The van der Waals surface area contributed by atoms with E-state index in [9.17, 15) is 9.59 Å². The topological polar surface area (TPSA) is 103 Å². The second-order valence-corrected chi connectivity index (χ2v) is 14.3. The van der Waals surface area contributed by atoms with Gasteiger partial charge in [-0.05, 0) is 37.0 Å². The number of nitrogens with two attached hydrogens (primary N) is 1. The number of rotatable bonds is 9. The second-order valence-electron chi connectivity index (χ2n) is 9.46. The molecule has 0 saturated carbocycles. The van der Waals surface area contributed by atoms with Gasteiger partial charge in [-0.2, -0.15) is 0 Å². The minimum absolute atomic E-state index is 0.0893. The maximum atomic E-state index is 13.0. The summed E-state index contributed by atoms with van der Waals surface area (Å²) in [7, 11) is -1.92. The number of ether oxygens (including phenoxy) is 2. The van der Waals surface area contributed by atoms with Crippen molar-refractivity contribution in [2.45, 2.75) is 77.4 Å². The fourth-order valence-corrected chi connectivity index (χ4v) is 4.15. The van der Waals surface area contributed by atoms with Crippen molar-refractivity contribution < 1.29 is 23.5 Å². The molecular formula is C23H37N3O5Si. The first-order valence-electron chi connectivity index (χ1n) is 11.1. The Morgan fingerprint density at radius 3 is 2.50 bits per heavy atom. The van der Waals surface area contributed by atoms with Crippen LogP contribution in [0.1, 0.15) is 46.1 Å². The van der Waals surface area contributed by atoms with Gasteiger partial charge in [0.05, 0.1) is 19.3 Å². The molecule has 9 heteroatoms. The number of hydrogen-bond donors (Lipinski definition) is 1. The summed E-state index contributed by atoms with van der Waals surface area (Å²) in [5.74, 6) is -1.41. The number of carbonyl (C=O) groups excluding carboxylic acids is 2. The van der Waals surface area contributed by atoms with Crippen molar-refractivity contribution in [2.75, 3.05) is 13.2 Å². The Balaban J connectivity index is 2.11.